The van der Waals surface area contributed by atoms with Crippen LogP contribution in [0.4, 0.5) is 5.13 Å². The molecule has 2 N–H and O–H groups in total. The topological polar surface area (TPSA) is 87.7 Å². The Bertz CT molecular complexity index is 660. The molecule has 0 aliphatic heterocycles. The maximum Gasteiger partial charge on any atom is 0.262 e. The summed E-state index contributed by atoms with van der Waals surface area (Å²) in [6.45, 7) is 5.65. The fourth-order valence-electron chi connectivity index (χ4n) is 1.45. The highest BCUT2D eigenvalue weighted by Gasteiger charge is 2.15. The fourth-order valence-corrected chi connectivity index (χ4v) is 2.19. The predicted octanol–water partition coefficient (Wildman–Crippen LogP) is 1.91. The van der Waals surface area contributed by atoms with E-state index in [0.29, 0.717) is 10.7 Å². The van der Waals surface area contributed by atoms with Gasteiger partial charge in [-0.25, -0.2) is 0 Å². The molecule has 0 saturated carbocycles. The molecule has 100 valence electrons. The molecule has 0 aliphatic carbocycles. The normalized spacial score (nSPS) is 10.7. The van der Waals surface area contributed by atoms with Gasteiger partial charge < -0.3 is 4.98 Å². The van der Waals surface area contributed by atoms with E-state index in [4.69, 9.17) is 0 Å². The number of nitrogens with zero attached hydrogens (tertiary/aromatic N) is 2. The molecule has 0 aromatic carbocycles. The average molecular weight is 278 g/mol. The molecule has 6 nitrogen and oxygen atoms in total. The van der Waals surface area contributed by atoms with Gasteiger partial charge in [0, 0.05) is 23.9 Å². The van der Waals surface area contributed by atoms with Gasteiger partial charge in [-0.2, -0.15) is 0 Å². The molecule has 19 heavy (non-hydrogen) atoms. The highest BCUT2D eigenvalue weighted by Crippen LogP contribution is 2.22. The summed E-state index contributed by atoms with van der Waals surface area (Å²) in [6, 6.07) is 0. The molecule has 2 rings (SSSR count). The van der Waals surface area contributed by atoms with E-state index < -0.39 is 5.91 Å². The van der Waals surface area contributed by atoms with Gasteiger partial charge in [0.05, 0.1) is 0 Å². The molecule has 2 heterocycles. The van der Waals surface area contributed by atoms with Crippen LogP contribution >= 0.6 is 11.3 Å². The van der Waals surface area contributed by atoms with Gasteiger partial charge in [-0.15, -0.1) is 10.2 Å². The van der Waals surface area contributed by atoms with Gasteiger partial charge in [-0.05, 0) is 6.92 Å². The number of nitrogens with one attached hydrogen (secondary N) is 2. The lowest BCUT2D eigenvalue weighted by atomic mass is 10.2. The van der Waals surface area contributed by atoms with Crippen LogP contribution in [0.25, 0.3) is 0 Å². The third-order valence-corrected chi connectivity index (χ3v) is 3.67. The molecular weight excluding hydrogens is 264 g/mol. The second kappa shape index (κ2) is 5.31. The van der Waals surface area contributed by atoms with Crippen molar-refractivity contribution in [3.63, 3.8) is 0 Å². The number of pyridine rings is 1. The number of aromatic nitrogens is 3. The van der Waals surface area contributed by atoms with Crippen molar-refractivity contribution in [3.8, 4) is 0 Å². The first-order valence-corrected chi connectivity index (χ1v) is 6.63. The molecule has 0 radical (unpaired) electrons. The minimum Gasteiger partial charge on any atom is -0.366 e. The number of amides is 1. The summed E-state index contributed by atoms with van der Waals surface area (Å²) >= 11 is 1.31. The first-order chi connectivity index (χ1) is 8.99. The van der Waals surface area contributed by atoms with Crippen LogP contribution in [0.15, 0.2) is 17.2 Å². The first kappa shape index (κ1) is 13.4. The van der Waals surface area contributed by atoms with Gasteiger partial charge in [0.2, 0.25) is 5.13 Å². The fraction of sp³-hybridized carbons (Fsp3) is 0.333. The highest BCUT2D eigenvalue weighted by molar-refractivity contribution is 7.15. The lowest BCUT2D eigenvalue weighted by Crippen LogP contribution is -2.22. The second-order valence-corrected chi connectivity index (χ2v) is 5.44. The van der Waals surface area contributed by atoms with E-state index in [2.05, 4.69) is 20.5 Å². The molecule has 0 spiro atoms. The smallest absolute Gasteiger partial charge is 0.262 e. The molecule has 0 bridgehead atoms. The van der Waals surface area contributed by atoms with Crippen LogP contribution in [0.2, 0.25) is 0 Å². The minimum atomic E-state index is -0.476. The Balaban J connectivity index is 2.21. The lowest BCUT2D eigenvalue weighted by molar-refractivity contribution is 0.102. The quantitative estimate of drug-likeness (QED) is 0.897. The van der Waals surface area contributed by atoms with Gasteiger partial charge in [0.15, 0.2) is 5.43 Å². The van der Waals surface area contributed by atoms with Crippen LogP contribution in [-0.4, -0.2) is 21.1 Å². The molecule has 7 heteroatoms. The number of aromatic amines is 1. The van der Waals surface area contributed by atoms with Gasteiger partial charge in [0.1, 0.15) is 10.6 Å². The van der Waals surface area contributed by atoms with Crippen molar-refractivity contribution in [1.29, 1.82) is 0 Å². The number of rotatable bonds is 3. The summed E-state index contributed by atoms with van der Waals surface area (Å²) in [4.78, 5) is 26.5. The zero-order valence-corrected chi connectivity index (χ0v) is 11.7. The van der Waals surface area contributed by atoms with E-state index in [9.17, 15) is 9.59 Å². The molecule has 1 amide bonds. The van der Waals surface area contributed by atoms with E-state index >= 15 is 0 Å². The summed E-state index contributed by atoms with van der Waals surface area (Å²) in [5.41, 5.74) is 0.277. The standard InChI is InChI=1S/C12H14N4O2S/c1-6(2)11-15-16-12(19-11)14-10(18)8-5-13-4-7(3)9(8)17/h4-6H,1-3H3,(H,13,17)(H,14,16,18). The Morgan fingerprint density at radius 3 is 2.74 bits per heavy atom. The maximum absolute atomic E-state index is 12.0. The summed E-state index contributed by atoms with van der Waals surface area (Å²) in [6.07, 6.45) is 2.94. The maximum atomic E-state index is 12.0. The third kappa shape index (κ3) is 2.87. The first-order valence-electron chi connectivity index (χ1n) is 5.81. The van der Waals surface area contributed by atoms with Crippen molar-refractivity contribution in [1.82, 2.24) is 15.2 Å². The second-order valence-electron chi connectivity index (χ2n) is 4.44. The largest absolute Gasteiger partial charge is 0.366 e. The van der Waals surface area contributed by atoms with E-state index in [-0.39, 0.29) is 16.9 Å². The SMILES string of the molecule is Cc1c[nH]cc(C(=O)Nc2nnc(C(C)C)s2)c1=O. The van der Waals surface area contributed by atoms with Gasteiger partial charge in [0.25, 0.3) is 5.91 Å². The van der Waals surface area contributed by atoms with Crippen molar-refractivity contribution in [3.05, 3.63) is 38.8 Å². The van der Waals surface area contributed by atoms with Crippen LogP contribution in [0.1, 0.15) is 40.7 Å². The number of hydrogen-bond donors (Lipinski definition) is 2. The summed E-state index contributed by atoms with van der Waals surface area (Å²) in [5.74, 6) is -0.220. The molecule has 2 aromatic rings. The Morgan fingerprint density at radius 1 is 1.37 bits per heavy atom. The number of anilines is 1. The van der Waals surface area contributed by atoms with Crippen molar-refractivity contribution in [2.45, 2.75) is 26.7 Å². The zero-order valence-electron chi connectivity index (χ0n) is 10.9. The van der Waals surface area contributed by atoms with Crippen LogP contribution in [0.3, 0.4) is 0 Å². The summed E-state index contributed by atoms with van der Waals surface area (Å²) < 4.78 is 0. The minimum absolute atomic E-state index is 0.0706. The van der Waals surface area contributed by atoms with E-state index in [1.807, 2.05) is 13.8 Å². The van der Waals surface area contributed by atoms with Gasteiger partial charge >= 0.3 is 0 Å². The van der Waals surface area contributed by atoms with Gasteiger partial charge in [-0.3, -0.25) is 14.9 Å². The highest BCUT2D eigenvalue weighted by atomic mass is 32.1. The number of carbonyl (C=O) groups excluding carboxylic acids is 1. The molecule has 0 atom stereocenters. The summed E-state index contributed by atoms with van der Waals surface area (Å²) in [5, 5.41) is 11.7. The summed E-state index contributed by atoms with van der Waals surface area (Å²) in [7, 11) is 0. The van der Waals surface area contributed by atoms with Crippen molar-refractivity contribution < 1.29 is 4.79 Å². The lowest BCUT2D eigenvalue weighted by Gasteiger charge is -2.01. The Kier molecular flexibility index (Phi) is 3.75. The van der Waals surface area contributed by atoms with Crippen molar-refractivity contribution in [2.24, 2.45) is 0 Å². The monoisotopic (exact) mass is 278 g/mol. The van der Waals surface area contributed by atoms with Crippen molar-refractivity contribution >= 4 is 22.4 Å². The average Bonchev–Trinajstić information content (AvgIpc) is 2.81. The van der Waals surface area contributed by atoms with Crippen molar-refractivity contribution in [2.75, 3.05) is 5.32 Å². The molecule has 0 unspecified atom stereocenters. The zero-order chi connectivity index (χ0) is 14.0. The molecule has 0 saturated heterocycles. The number of H-pyrrole nitrogens is 1. The number of aryl methyl sites for hydroxylation is 1. The van der Waals surface area contributed by atoms with Gasteiger partial charge in [-0.1, -0.05) is 25.2 Å². The van der Waals surface area contributed by atoms with Crippen LogP contribution in [-0.2, 0) is 0 Å². The van der Waals surface area contributed by atoms with Crippen LogP contribution < -0.4 is 10.7 Å². The predicted molar refractivity (Wildman–Crippen MR) is 73.8 cm³/mol. The Labute approximate surface area is 113 Å². The van der Waals surface area contributed by atoms with E-state index in [1.54, 1.807) is 13.1 Å². The van der Waals surface area contributed by atoms with Crippen LogP contribution in [0.5, 0.6) is 0 Å². The Morgan fingerprint density at radius 2 is 2.11 bits per heavy atom. The Hall–Kier alpha value is -2.02. The molecular formula is C12H14N4O2S. The molecule has 0 fully saturated rings. The number of carbonyl (C=O) groups is 1. The van der Waals surface area contributed by atoms with E-state index in [1.165, 1.54) is 17.5 Å². The van der Waals surface area contributed by atoms with E-state index in [0.717, 1.165) is 5.01 Å². The third-order valence-electron chi connectivity index (χ3n) is 2.53. The molecule has 0 aliphatic rings. The molecule has 2 aromatic heterocycles. The number of hydrogen-bond acceptors (Lipinski definition) is 5. The van der Waals surface area contributed by atoms with Crippen LogP contribution in [0, 0.1) is 6.92 Å².